The summed E-state index contributed by atoms with van der Waals surface area (Å²) in [5.41, 5.74) is 1.38. The van der Waals surface area contributed by atoms with E-state index >= 15 is 0 Å². The van der Waals surface area contributed by atoms with Gasteiger partial charge in [0.25, 0.3) is 0 Å². The molecular formula is C21H17NO5S. The van der Waals surface area contributed by atoms with Crippen molar-refractivity contribution >= 4 is 39.0 Å². The lowest BCUT2D eigenvalue weighted by Gasteiger charge is -2.10. The first-order chi connectivity index (χ1) is 13.5. The van der Waals surface area contributed by atoms with Gasteiger partial charge < -0.3 is 13.7 Å². The third kappa shape index (κ3) is 3.48. The first kappa shape index (κ1) is 18.2. The highest BCUT2D eigenvalue weighted by Crippen LogP contribution is 2.27. The number of carbonyl (C=O) groups excluding carboxylic acids is 1. The van der Waals surface area contributed by atoms with E-state index in [4.69, 9.17) is 9.15 Å². The summed E-state index contributed by atoms with van der Waals surface area (Å²) in [6, 6.07) is 12.7. The van der Waals surface area contributed by atoms with E-state index < -0.39 is 11.6 Å². The first-order valence-electron chi connectivity index (χ1n) is 8.78. The molecule has 2 heterocycles. The molecule has 0 saturated carbocycles. The average molecular weight is 395 g/mol. The van der Waals surface area contributed by atoms with Crippen LogP contribution in [0.2, 0.25) is 0 Å². The van der Waals surface area contributed by atoms with Crippen LogP contribution in [0.4, 0.5) is 0 Å². The van der Waals surface area contributed by atoms with Crippen molar-refractivity contribution < 1.29 is 13.9 Å². The van der Waals surface area contributed by atoms with E-state index in [0.29, 0.717) is 11.1 Å². The highest BCUT2D eigenvalue weighted by Gasteiger charge is 2.13. The van der Waals surface area contributed by atoms with Gasteiger partial charge in [0.2, 0.25) is 0 Å². The van der Waals surface area contributed by atoms with Crippen molar-refractivity contribution in [2.75, 3.05) is 0 Å². The number of aryl methyl sites for hydroxylation is 1. The Morgan fingerprint density at radius 2 is 2.00 bits per heavy atom. The second kappa shape index (κ2) is 7.44. The molecule has 0 aliphatic carbocycles. The van der Waals surface area contributed by atoms with Crippen LogP contribution >= 0.6 is 11.3 Å². The third-order valence-electron chi connectivity index (χ3n) is 4.62. The van der Waals surface area contributed by atoms with Crippen LogP contribution in [0, 0.1) is 6.92 Å². The van der Waals surface area contributed by atoms with Crippen molar-refractivity contribution in [3.8, 4) is 0 Å². The lowest BCUT2D eigenvalue weighted by molar-refractivity contribution is -0.145. The van der Waals surface area contributed by atoms with Gasteiger partial charge in [-0.25, -0.2) is 4.79 Å². The number of rotatable bonds is 5. The maximum absolute atomic E-state index is 12.2. The Morgan fingerprint density at radius 1 is 1.18 bits per heavy atom. The van der Waals surface area contributed by atoms with Crippen LogP contribution in [-0.4, -0.2) is 10.5 Å². The molecule has 0 radical (unpaired) electrons. The molecule has 6 nitrogen and oxygen atoms in total. The van der Waals surface area contributed by atoms with E-state index in [1.54, 1.807) is 16.0 Å². The zero-order chi connectivity index (χ0) is 19.7. The molecule has 0 spiro atoms. The van der Waals surface area contributed by atoms with E-state index in [1.165, 1.54) is 6.07 Å². The number of ether oxygens (including phenoxy) is 1. The zero-order valence-electron chi connectivity index (χ0n) is 15.1. The molecule has 142 valence electrons. The van der Waals surface area contributed by atoms with Crippen molar-refractivity contribution in [2.24, 2.45) is 0 Å². The van der Waals surface area contributed by atoms with E-state index in [0.717, 1.165) is 33.2 Å². The molecule has 0 aliphatic heterocycles. The van der Waals surface area contributed by atoms with E-state index in [9.17, 15) is 14.4 Å². The van der Waals surface area contributed by atoms with Gasteiger partial charge >= 0.3 is 16.5 Å². The number of fused-ring (bicyclic) bond motifs is 3. The molecule has 0 aliphatic rings. The van der Waals surface area contributed by atoms with Gasteiger partial charge in [0.05, 0.1) is 6.42 Å². The lowest BCUT2D eigenvalue weighted by atomic mass is 10.0. The minimum atomic E-state index is -0.491. The average Bonchev–Trinajstić information content (AvgIpc) is 3.01. The Kier molecular flexibility index (Phi) is 4.83. The molecule has 0 fully saturated rings. The van der Waals surface area contributed by atoms with Crippen LogP contribution in [-0.2, 0) is 22.7 Å². The van der Waals surface area contributed by atoms with Crippen LogP contribution < -0.4 is 10.5 Å². The number of aromatic nitrogens is 1. The van der Waals surface area contributed by atoms with E-state index in [1.807, 2.05) is 37.3 Å². The molecule has 0 N–H and O–H groups in total. The molecule has 0 bridgehead atoms. The number of nitrogens with zero attached hydrogens (tertiary/aromatic N) is 1. The first-order valence-corrected chi connectivity index (χ1v) is 9.66. The summed E-state index contributed by atoms with van der Waals surface area (Å²) in [6.45, 7) is 2.06. The fraction of sp³-hybridized carbons (Fsp3) is 0.190. The van der Waals surface area contributed by atoms with Gasteiger partial charge in [0.1, 0.15) is 12.2 Å². The number of hydrogen-bond acceptors (Lipinski definition) is 6. The van der Waals surface area contributed by atoms with E-state index in [2.05, 4.69) is 0 Å². The quantitative estimate of drug-likeness (QED) is 0.293. The van der Waals surface area contributed by atoms with Crippen LogP contribution in [0.15, 0.2) is 61.9 Å². The van der Waals surface area contributed by atoms with Crippen LogP contribution in [0.1, 0.15) is 17.7 Å². The highest BCUT2D eigenvalue weighted by atomic mass is 32.1. The van der Waals surface area contributed by atoms with Crippen molar-refractivity contribution in [1.82, 2.24) is 4.57 Å². The van der Waals surface area contributed by atoms with Gasteiger partial charge in [-0.1, -0.05) is 41.7 Å². The topological polar surface area (TPSA) is 78.5 Å². The summed E-state index contributed by atoms with van der Waals surface area (Å²) >= 11 is 1.11. The summed E-state index contributed by atoms with van der Waals surface area (Å²) in [4.78, 5) is 35.7. The molecule has 2 aromatic carbocycles. The summed E-state index contributed by atoms with van der Waals surface area (Å²) in [6.07, 6.45) is 0.0810. The maximum atomic E-state index is 12.2. The van der Waals surface area contributed by atoms with Gasteiger partial charge in [-0.3, -0.25) is 9.59 Å². The van der Waals surface area contributed by atoms with Crippen LogP contribution in [0.3, 0.4) is 0 Å². The fourth-order valence-electron chi connectivity index (χ4n) is 3.24. The van der Waals surface area contributed by atoms with Gasteiger partial charge in [-0.15, -0.1) is 0 Å². The molecular weight excluding hydrogens is 378 g/mol. The number of benzene rings is 2. The van der Waals surface area contributed by atoms with Crippen LogP contribution in [0.5, 0.6) is 0 Å². The van der Waals surface area contributed by atoms with Gasteiger partial charge in [0, 0.05) is 34.6 Å². The van der Waals surface area contributed by atoms with Gasteiger partial charge in [0.15, 0.2) is 0 Å². The number of carbonyl (C=O) groups is 1. The predicted molar refractivity (Wildman–Crippen MR) is 108 cm³/mol. The van der Waals surface area contributed by atoms with E-state index in [-0.39, 0.29) is 24.4 Å². The summed E-state index contributed by atoms with van der Waals surface area (Å²) in [5.74, 6) is -0.431. The lowest BCUT2D eigenvalue weighted by Crippen LogP contribution is -2.18. The molecule has 4 rings (SSSR count). The number of hydrogen-bond donors (Lipinski definition) is 0. The fourth-order valence-corrected chi connectivity index (χ4v) is 4.00. The monoisotopic (exact) mass is 395 g/mol. The van der Waals surface area contributed by atoms with Crippen molar-refractivity contribution in [2.45, 2.75) is 26.5 Å². The second-order valence-corrected chi connectivity index (χ2v) is 7.28. The Morgan fingerprint density at radius 3 is 2.79 bits per heavy atom. The molecule has 28 heavy (non-hydrogen) atoms. The largest absolute Gasteiger partial charge is 0.461 e. The minimum absolute atomic E-state index is 0.0353. The molecule has 7 heteroatoms. The zero-order valence-corrected chi connectivity index (χ0v) is 16.0. The Hall–Kier alpha value is -3.19. The summed E-state index contributed by atoms with van der Waals surface area (Å²) in [7, 11) is 0. The van der Waals surface area contributed by atoms with Crippen LogP contribution in [0.25, 0.3) is 21.7 Å². The normalized spacial score (nSPS) is 11.2. The summed E-state index contributed by atoms with van der Waals surface area (Å²) < 4.78 is 12.2. The molecule has 2 aromatic heterocycles. The molecule has 0 atom stereocenters. The predicted octanol–water partition coefficient (Wildman–Crippen LogP) is 3.61. The Labute approximate surface area is 163 Å². The number of thiazole rings is 1. The molecule has 0 amide bonds. The Bertz CT molecular complexity index is 1300. The van der Waals surface area contributed by atoms with Crippen molar-refractivity contribution in [3.63, 3.8) is 0 Å². The number of esters is 1. The SMILES string of the molecule is Cc1csc(=O)n1CCC(=O)OCc1cc(=O)oc2ccc3ccccc3c12. The molecule has 4 aromatic rings. The third-order valence-corrected chi connectivity index (χ3v) is 5.50. The molecule has 0 saturated heterocycles. The maximum Gasteiger partial charge on any atom is 0.336 e. The smallest absolute Gasteiger partial charge is 0.336 e. The van der Waals surface area contributed by atoms with Crippen molar-refractivity contribution in [3.05, 3.63) is 79.2 Å². The Balaban J connectivity index is 1.57. The highest BCUT2D eigenvalue weighted by molar-refractivity contribution is 7.07. The van der Waals surface area contributed by atoms with Gasteiger partial charge in [-0.2, -0.15) is 0 Å². The second-order valence-electron chi connectivity index (χ2n) is 6.46. The summed E-state index contributed by atoms with van der Waals surface area (Å²) in [5, 5.41) is 4.45. The minimum Gasteiger partial charge on any atom is -0.461 e. The van der Waals surface area contributed by atoms with Gasteiger partial charge in [-0.05, 0) is 23.8 Å². The van der Waals surface area contributed by atoms with Crippen molar-refractivity contribution in [1.29, 1.82) is 0 Å². The molecule has 0 unspecified atom stereocenters. The standard InChI is InChI=1S/C21H17NO5S/c1-13-12-28-21(25)22(13)9-8-18(23)26-11-15-10-19(24)27-17-7-6-14-4-2-3-5-16(14)20(15)17/h2-7,10,12H,8-9,11H2,1H3.